The van der Waals surface area contributed by atoms with E-state index in [1.165, 1.54) is 4.90 Å². The summed E-state index contributed by atoms with van der Waals surface area (Å²) in [6.45, 7) is 5.61. The van der Waals surface area contributed by atoms with Crippen LogP contribution in [0.2, 0.25) is 0 Å². The van der Waals surface area contributed by atoms with Crippen molar-refractivity contribution in [1.82, 2.24) is 19.3 Å². The molecule has 4 heterocycles. The topological polar surface area (TPSA) is 76.8 Å². The zero-order valence-electron chi connectivity index (χ0n) is 17.8. The van der Waals surface area contributed by atoms with Gasteiger partial charge in [-0.05, 0) is 45.0 Å². The SMILES string of the molecule is CC(C)(C)OC(=O)N1CCc2nc3ccc4ncn5c6cc(Br)ccc6c(c2C1=O)c3c45. The number of hydrogen-bond donors (Lipinski definition) is 0. The van der Waals surface area contributed by atoms with Gasteiger partial charge in [0, 0.05) is 33.6 Å². The van der Waals surface area contributed by atoms with Crippen molar-refractivity contribution in [2.24, 2.45) is 0 Å². The van der Waals surface area contributed by atoms with Gasteiger partial charge in [0.05, 0.1) is 33.3 Å². The summed E-state index contributed by atoms with van der Waals surface area (Å²) in [5, 5.41) is 2.60. The minimum Gasteiger partial charge on any atom is -0.443 e. The largest absolute Gasteiger partial charge is 0.443 e. The van der Waals surface area contributed by atoms with Crippen LogP contribution in [0.15, 0.2) is 41.1 Å². The third kappa shape index (κ3) is 2.65. The van der Waals surface area contributed by atoms with Gasteiger partial charge in [-0.25, -0.2) is 14.7 Å². The summed E-state index contributed by atoms with van der Waals surface area (Å²) < 4.78 is 8.47. The number of ether oxygens (including phenoxy) is 1. The monoisotopic (exact) mass is 490 g/mol. The highest BCUT2D eigenvalue weighted by atomic mass is 79.9. The molecule has 2 aromatic carbocycles. The van der Waals surface area contributed by atoms with E-state index < -0.39 is 11.7 Å². The fourth-order valence-electron chi connectivity index (χ4n) is 4.63. The molecule has 2 amide bonds. The van der Waals surface area contributed by atoms with E-state index in [0.717, 1.165) is 42.7 Å². The van der Waals surface area contributed by atoms with E-state index in [2.05, 4.69) is 20.9 Å². The minimum atomic E-state index is -0.689. The molecular weight excluding hydrogens is 472 g/mol. The average Bonchev–Trinajstić information content (AvgIpc) is 3.16. The highest BCUT2D eigenvalue weighted by molar-refractivity contribution is 9.10. The lowest BCUT2D eigenvalue weighted by molar-refractivity contribution is 0.0233. The first-order valence-electron chi connectivity index (χ1n) is 10.4. The summed E-state index contributed by atoms with van der Waals surface area (Å²) in [6.07, 6.45) is 1.65. The Morgan fingerprint density at radius 3 is 2.69 bits per heavy atom. The van der Waals surface area contributed by atoms with Crippen molar-refractivity contribution in [2.75, 3.05) is 6.54 Å². The number of carbonyl (C=O) groups is 2. The van der Waals surface area contributed by atoms with E-state index in [0.29, 0.717) is 17.7 Å². The molecule has 8 heteroatoms. The number of imidazole rings is 1. The van der Waals surface area contributed by atoms with Crippen LogP contribution in [0, 0.1) is 0 Å². The molecule has 32 heavy (non-hydrogen) atoms. The molecule has 0 unspecified atom stereocenters. The van der Waals surface area contributed by atoms with Crippen LogP contribution in [0.1, 0.15) is 36.8 Å². The Balaban J connectivity index is 1.71. The van der Waals surface area contributed by atoms with E-state index in [4.69, 9.17) is 9.72 Å². The number of imide groups is 1. The van der Waals surface area contributed by atoms with Crippen LogP contribution in [0.5, 0.6) is 0 Å². The predicted octanol–water partition coefficient (Wildman–Crippen LogP) is 5.32. The van der Waals surface area contributed by atoms with Crippen LogP contribution >= 0.6 is 15.9 Å². The smallest absolute Gasteiger partial charge is 0.417 e. The second-order valence-electron chi connectivity index (χ2n) is 9.10. The van der Waals surface area contributed by atoms with Crippen molar-refractivity contribution in [1.29, 1.82) is 0 Å². The summed E-state index contributed by atoms with van der Waals surface area (Å²) in [6, 6.07) is 9.88. The van der Waals surface area contributed by atoms with Crippen LogP contribution in [0.3, 0.4) is 0 Å². The van der Waals surface area contributed by atoms with Crippen molar-refractivity contribution in [3.05, 3.63) is 52.4 Å². The summed E-state index contributed by atoms with van der Waals surface area (Å²) in [4.78, 5) is 37.1. The number of halogens is 1. The third-order valence-corrected chi connectivity index (χ3v) is 6.36. The van der Waals surface area contributed by atoms with Gasteiger partial charge in [-0.2, -0.15) is 0 Å². The van der Waals surface area contributed by atoms with Gasteiger partial charge in [-0.1, -0.05) is 22.0 Å². The highest BCUT2D eigenvalue weighted by Crippen LogP contribution is 2.40. The van der Waals surface area contributed by atoms with Gasteiger partial charge in [0.15, 0.2) is 0 Å². The maximum atomic E-state index is 13.7. The Morgan fingerprint density at radius 1 is 1.12 bits per heavy atom. The van der Waals surface area contributed by atoms with Crippen molar-refractivity contribution in [2.45, 2.75) is 32.8 Å². The second kappa shape index (κ2) is 6.38. The molecule has 7 nitrogen and oxygen atoms in total. The molecule has 0 fully saturated rings. The van der Waals surface area contributed by atoms with E-state index >= 15 is 0 Å². The number of fused-ring (bicyclic) bond motifs is 5. The molecule has 0 spiro atoms. The lowest BCUT2D eigenvalue weighted by Crippen LogP contribution is -2.45. The van der Waals surface area contributed by atoms with E-state index in [-0.39, 0.29) is 12.5 Å². The number of aromatic nitrogens is 3. The number of carbonyl (C=O) groups excluding carboxylic acids is 2. The molecule has 1 aliphatic heterocycles. The number of rotatable bonds is 0. The predicted molar refractivity (Wildman–Crippen MR) is 125 cm³/mol. The Kier molecular flexibility index (Phi) is 3.88. The van der Waals surface area contributed by atoms with Crippen LogP contribution in [-0.4, -0.2) is 43.4 Å². The lowest BCUT2D eigenvalue weighted by Gasteiger charge is -2.30. The Morgan fingerprint density at radius 2 is 1.91 bits per heavy atom. The van der Waals surface area contributed by atoms with Crippen molar-refractivity contribution < 1.29 is 14.3 Å². The number of pyridine rings is 2. The van der Waals surface area contributed by atoms with Gasteiger partial charge in [0.1, 0.15) is 11.9 Å². The first-order valence-corrected chi connectivity index (χ1v) is 11.2. The second-order valence-corrected chi connectivity index (χ2v) is 10.0. The fourth-order valence-corrected chi connectivity index (χ4v) is 4.98. The summed E-state index contributed by atoms with van der Waals surface area (Å²) in [5.74, 6) is -0.372. The van der Waals surface area contributed by atoms with E-state index in [1.807, 2.05) is 34.7 Å². The van der Waals surface area contributed by atoms with Gasteiger partial charge in [0.25, 0.3) is 5.91 Å². The van der Waals surface area contributed by atoms with Gasteiger partial charge in [0.2, 0.25) is 0 Å². The van der Waals surface area contributed by atoms with Crippen molar-refractivity contribution in [3.8, 4) is 0 Å². The molecular formula is C24H19BrN4O3. The van der Waals surface area contributed by atoms with E-state index in [1.54, 1.807) is 27.1 Å². The molecule has 160 valence electrons. The number of hydrogen-bond acceptors (Lipinski definition) is 5. The van der Waals surface area contributed by atoms with Gasteiger partial charge >= 0.3 is 6.09 Å². The Bertz CT molecular complexity index is 1600. The van der Waals surface area contributed by atoms with Crippen LogP contribution in [0.4, 0.5) is 4.79 Å². The third-order valence-electron chi connectivity index (χ3n) is 5.87. The van der Waals surface area contributed by atoms with Crippen LogP contribution in [0.25, 0.3) is 38.2 Å². The van der Waals surface area contributed by atoms with Crippen LogP contribution < -0.4 is 0 Å². The van der Waals surface area contributed by atoms with Gasteiger partial charge in [-0.3, -0.25) is 14.2 Å². The molecule has 0 aliphatic carbocycles. The van der Waals surface area contributed by atoms with Gasteiger partial charge in [-0.15, -0.1) is 0 Å². The lowest BCUT2D eigenvalue weighted by atomic mass is 9.93. The average molecular weight is 491 g/mol. The Labute approximate surface area is 191 Å². The maximum Gasteiger partial charge on any atom is 0.417 e. The molecule has 0 radical (unpaired) electrons. The molecule has 1 aliphatic rings. The summed E-state index contributed by atoms with van der Waals surface area (Å²) in [7, 11) is 0. The number of amides is 2. The first kappa shape index (κ1) is 19.4. The minimum absolute atomic E-state index is 0.242. The molecule has 0 bridgehead atoms. The van der Waals surface area contributed by atoms with Gasteiger partial charge < -0.3 is 4.74 Å². The van der Waals surface area contributed by atoms with E-state index in [9.17, 15) is 9.59 Å². The highest BCUT2D eigenvalue weighted by Gasteiger charge is 2.36. The van der Waals surface area contributed by atoms with Crippen molar-refractivity contribution in [3.63, 3.8) is 0 Å². The standard InChI is InChI=1S/C24H19BrN4O3/c1-24(2,3)32-23(31)28-9-8-15-20(22(28)30)18-13-5-4-12(25)10-17(13)29-11-26-16-7-6-14(27-15)19(18)21(16)29/h4-7,10-11H,8-9H2,1-3H3. The molecule has 0 saturated carbocycles. The fraction of sp³-hybridized carbons (Fsp3) is 0.250. The van der Waals surface area contributed by atoms with Crippen molar-refractivity contribution >= 4 is 66.2 Å². The molecule has 0 atom stereocenters. The molecule has 5 aromatic rings. The zero-order chi connectivity index (χ0) is 22.4. The number of nitrogens with zero attached hydrogens (tertiary/aromatic N) is 4. The molecule has 3 aromatic heterocycles. The molecule has 0 saturated heterocycles. The summed E-state index contributed by atoms with van der Waals surface area (Å²) >= 11 is 3.56. The molecule has 0 N–H and O–H groups in total. The Hall–Kier alpha value is -3.26. The van der Waals surface area contributed by atoms with Crippen LogP contribution in [-0.2, 0) is 11.2 Å². The first-order chi connectivity index (χ1) is 15.2. The number of benzene rings is 2. The zero-order valence-corrected chi connectivity index (χ0v) is 19.4. The quantitative estimate of drug-likeness (QED) is 0.216. The summed E-state index contributed by atoms with van der Waals surface area (Å²) in [5.41, 5.74) is 3.98. The molecule has 6 rings (SSSR count). The normalized spacial score (nSPS) is 14.8. The maximum absolute atomic E-state index is 13.7.